The lowest BCUT2D eigenvalue weighted by Gasteiger charge is -2.30. The first-order valence-corrected chi connectivity index (χ1v) is 19.0. The highest BCUT2D eigenvalue weighted by atomic mass is 32.2. The Morgan fingerprint density at radius 3 is 2.43 bits per heavy atom. The van der Waals surface area contributed by atoms with Crippen molar-refractivity contribution in [3.63, 3.8) is 0 Å². The number of benzene rings is 3. The van der Waals surface area contributed by atoms with Crippen LogP contribution in [0.1, 0.15) is 53.9 Å². The molecule has 1 saturated heterocycles. The Labute approximate surface area is 287 Å². The van der Waals surface area contributed by atoms with Crippen molar-refractivity contribution >= 4 is 22.1 Å². The molecule has 1 aromatic heterocycles. The predicted octanol–water partition coefficient (Wildman–Crippen LogP) is 4.61. The Kier molecular flexibility index (Phi) is 9.81. The molecule has 0 spiro atoms. The topological polar surface area (TPSA) is 132 Å². The van der Waals surface area contributed by atoms with E-state index in [0.29, 0.717) is 51.1 Å². The first-order valence-electron chi connectivity index (χ1n) is 17.1. The van der Waals surface area contributed by atoms with Crippen molar-refractivity contribution in [2.24, 2.45) is 5.92 Å². The average Bonchev–Trinajstić information content (AvgIpc) is 3.71. The van der Waals surface area contributed by atoms with Gasteiger partial charge in [-0.15, -0.1) is 5.10 Å². The van der Waals surface area contributed by atoms with Gasteiger partial charge < -0.3 is 19.7 Å². The molecule has 1 N–H and O–H groups in total. The second kappa shape index (κ2) is 14.6. The Morgan fingerprint density at radius 1 is 0.959 bits per heavy atom. The third-order valence-corrected chi connectivity index (χ3v) is 11.2. The van der Waals surface area contributed by atoms with Crippen LogP contribution in [0.25, 0.3) is 11.1 Å². The summed E-state index contributed by atoms with van der Waals surface area (Å²) in [6.45, 7) is 4.38. The zero-order valence-corrected chi connectivity index (χ0v) is 28.6. The molecule has 0 unspecified atom stereocenters. The van der Waals surface area contributed by atoms with E-state index in [0.717, 1.165) is 50.1 Å². The van der Waals surface area contributed by atoms with Crippen LogP contribution in [0, 0.1) is 5.92 Å². The molecular formula is C36H43N7O5S. The van der Waals surface area contributed by atoms with Gasteiger partial charge in [0.2, 0.25) is 10.0 Å². The summed E-state index contributed by atoms with van der Waals surface area (Å²) in [6.07, 6.45) is 5.72. The smallest absolute Gasteiger partial charge is 0.407 e. The number of fused-ring (bicyclic) bond motifs is 4. The van der Waals surface area contributed by atoms with Crippen molar-refractivity contribution in [1.29, 1.82) is 0 Å². The minimum absolute atomic E-state index is 0.0234. The van der Waals surface area contributed by atoms with Crippen LogP contribution in [0.4, 0.5) is 10.7 Å². The largest absolute Gasteiger partial charge is 0.494 e. The van der Waals surface area contributed by atoms with Crippen molar-refractivity contribution in [3.05, 3.63) is 89.0 Å². The molecule has 12 nitrogen and oxygen atoms in total. The lowest BCUT2D eigenvalue weighted by atomic mass is 9.92. The maximum absolute atomic E-state index is 12.5. The number of piperidine rings is 1. The maximum Gasteiger partial charge on any atom is 0.407 e. The normalized spacial score (nSPS) is 16.6. The highest BCUT2D eigenvalue weighted by molar-refractivity contribution is 7.88. The molecule has 3 aliphatic rings. The summed E-state index contributed by atoms with van der Waals surface area (Å²) in [5.74, 6) is 2.12. The van der Waals surface area contributed by atoms with Gasteiger partial charge in [0.05, 0.1) is 19.4 Å². The molecule has 7 rings (SSSR count). The van der Waals surface area contributed by atoms with Crippen molar-refractivity contribution in [2.45, 2.75) is 51.1 Å². The summed E-state index contributed by atoms with van der Waals surface area (Å²) in [5.41, 5.74) is 6.99. The Morgan fingerprint density at radius 2 is 1.69 bits per heavy atom. The van der Waals surface area contributed by atoms with Crippen LogP contribution >= 0.6 is 0 Å². The molecule has 0 saturated carbocycles. The van der Waals surface area contributed by atoms with Crippen LogP contribution in [0.3, 0.4) is 0 Å². The summed E-state index contributed by atoms with van der Waals surface area (Å²) < 4.78 is 37.0. The number of anilines is 1. The van der Waals surface area contributed by atoms with Crippen molar-refractivity contribution < 1.29 is 22.7 Å². The third kappa shape index (κ3) is 7.73. The molecule has 4 aromatic rings. The van der Waals surface area contributed by atoms with Crippen LogP contribution in [-0.2, 0) is 34.3 Å². The van der Waals surface area contributed by atoms with Crippen LogP contribution in [0.15, 0.2) is 66.7 Å². The van der Waals surface area contributed by atoms with Crippen LogP contribution < -0.4 is 15.0 Å². The Balaban J connectivity index is 0.786. The number of aromatic nitrogens is 4. The monoisotopic (exact) mass is 685 g/mol. The molecule has 258 valence electrons. The molecule has 1 fully saturated rings. The van der Waals surface area contributed by atoms with Gasteiger partial charge in [0.1, 0.15) is 12.4 Å². The van der Waals surface area contributed by atoms with E-state index in [9.17, 15) is 13.2 Å². The van der Waals surface area contributed by atoms with E-state index < -0.39 is 16.1 Å². The zero-order valence-electron chi connectivity index (χ0n) is 27.8. The summed E-state index contributed by atoms with van der Waals surface area (Å²) >= 11 is 0. The second-order valence-electron chi connectivity index (χ2n) is 13.1. The number of hydrogen-bond donors (Lipinski definition) is 1. The number of sulfonamides is 1. The third-order valence-electron chi connectivity index (χ3n) is 9.91. The maximum atomic E-state index is 12.5. The number of carbonyl (C=O) groups excluding carboxylic acids is 1. The molecular weight excluding hydrogens is 643 g/mol. The Bertz CT molecular complexity index is 1840. The summed E-state index contributed by atoms with van der Waals surface area (Å²) in [4.78, 5) is 16.2. The molecule has 0 bridgehead atoms. The van der Waals surface area contributed by atoms with Gasteiger partial charge in [-0.2, -0.15) is 9.10 Å². The number of tetrazole rings is 1. The highest BCUT2D eigenvalue weighted by Gasteiger charge is 2.29. The second-order valence-corrected chi connectivity index (χ2v) is 15.1. The van der Waals surface area contributed by atoms with Gasteiger partial charge in [0.25, 0.3) is 5.95 Å². The molecule has 13 heteroatoms. The summed E-state index contributed by atoms with van der Waals surface area (Å²) in [6, 6.07) is 22.6. The molecule has 2 aliphatic heterocycles. The summed E-state index contributed by atoms with van der Waals surface area (Å²) in [5, 5.41) is 15.8. The molecule has 49 heavy (non-hydrogen) atoms. The summed E-state index contributed by atoms with van der Waals surface area (Å²) in [7, 11) is -3.18. The van der Waals surface area contributed by atoms with Crippen LogP contribution in [0.5, 0.6) is 5.75 Å². The highest BCUT2D eigenvalue weighted by Crippen LogP contribution is 2.44. The standard InChI is InChI=1S/C36H43N7O5S/c1-49(45,46)42-20-16-27-23-29(13-12-28(27)24-42)47-22-6-7-26-14-18-41(19-15-26)35-38-40-43(39-35)21-17-37-36(44)48-25-34-32-10-4-2-8-30(32)31-9-3-5-11-33(31)34/h2-5,8-13,23,26,34H,6-7,14-22,24-25H2,1H3,(H,37,44). The first kappa shape index (κ1) is 33.0. The number of rotatable bonds is 12. The SMILES string of the molecule is CS(=O)(=O)N1CCc2cc(OCCCC3CCN(c4nnn(CCNC(=O)OCC5c6ccccc6-c6ccccc65)n4)CC3)ccc2C1. The van der Waals surface area contributed by atoms with Crippen molar-refractivity contribution in [2.75, 3.05) is 50.5 Å². The van der Waals surface area contributed by atoms with Gasteiger partial charge in [-0.05, 0) is 88.7 Å². The minimum Gasteiger partial charge on any atom is -0.494 e. The molecule has 3 aromatic carbocycles. The van der Waals surface area contributed by atoms with E-state index in [1.54, 1.807) is 0 Å². The van der Waals surface area contributed by atoms with Gasteiger partial charge in [-0.25, -0.2) is 13.2 Å². The van der Waals surface area contributed by atoms with Gasteiger partial charge >= 0.3 is 6.09 Å². The fraction of sp³-hybridized carbons (Fsp3) is 0.444. The van der Waals surface area contributed by atoms with E-state index in [1.807, 2.05) is 36.4 Å². The quantitative estimate of drug-likeness (QED) is 0.213. The van der Waals surface area contributed by atoms with Crippen molar-refractivity contribution in [1.82, 2.24) is 29.8 Å². The molecule has 0 atom stereocenters. The fourth-order valence-corrected chi connectivity index (χ4v) is 8.02. The first-order chi connectivity index (χ1) is 23.8. The molecule has 1 aliphatic carbocycles. The van der Waals surface area contributed by atoms with E-state index in [2.05, 4.69) is 56.0 Å². The lowest BCUT2D eigenvalue weighted by Crippen LogP contribution is -2.35. The number of nitrogens with zero attached hydrogens (tertiary/aromatic N) is 6. The number of ether oxygens (including phenoxy) is 2. The van der Waals surface area contributed by atoms with Gasteiger partial charge in [-0.3, -0.25) is 0 Å². The fourth-order valence-electron chi connectivity index (χ4n) is 7.22. The van der Waals surface area contributed by atoms with Gasteiger partial charge in [-0.1, -0.05) is 59.7 Å². The van der Waals surface area contributed by atoms with Crippen LogP contribution in [-0.4, -0.2) is 84.7 Å². The number of amides is 1. The minimum atomic E-state index is -3.18. The number of hydrogen-bond acceptors (Lipinski definition) is 9. The molecule has 0 radical (unpaired) electrons. The van der Waals surface area contributed by atoms with E-state index in [4.69, 9.17) is 9.47 Å². The Hall–Kier alpha value is -4.49. The molecule has 3 heterocycles. The van der Waals surface area contributed by atoms with Gasteiger partial charge in [0.15, 0.2) is 0 Å². The van der Waals surface area contributed by atoms with E-state index in [1.165, 1.54) is 43.2 Å². The predicted molar refractivity (Wildman–Crippen MR) is 186 cm³/mol. The zero-order chi connectivity index (χ0) is 33.8. The van der Waals surface area contributed by atoms with Crippen molar-refractivity contribution in [3.8, 4) is 16.9 Å². The number of carbonyl (C=O) groups is 1. The molecule has 1 amide bonds. The lowest BCUT2D eigenvalue weighted by molar-refractivity contribution is 0.142. The number of nitrogens with one attached hydrogen (secondary N) is 1. The van der Waals surface area contributed by atoms with E-state index in [-0.39, 0.29) is 12.5 Å². The van der Waals surface area contributed by atoms with Gasteiger partial charge in [0, 0.05) is 38.6 Å². The average molecular weight is 686 g/mol. The van der Waals surface area contributed by atoms with E-state index >= 15 is 0 Å². The number of alkyl carbamates (subject to hydrolysis) is 1. The van der Waals surface area contributed by atoms with Crippen LogP contribution in [0.2, 0.25) is 0 Å².